The maximum Gasteiger partial charge on any atom is 0.125 e. The molecule has 3 aromatic rings. The fraction of sp³-hybridized carbons (Fsp3) is 0.0588. The van der Waals surface area contributed by atoms with Gasteiger partial charge in [0, 0.05) is 28.9 Å². The highest BCUT2D eigenvalue weighted by Gasteiger charge is 2.02. The molecule has 0 atom stereocenters. The van der Waals surface area contributed by atoms with Crippen molar-refractivity contribution < 1.29 is 4.39 Å². The Morgan fingerprint density at radius 3 is 2.68 bits per heavy atom. The third-order valence-electron chi connectivity index (χ3n) is 2.85. The van der Waals surface area contributed by atoms with Gasteiger partial charge in [-0.3, -0.25) is 4.98 Å². The Labute approximate surface area is 142 Å². The van der Waals surface area contributed by atoms with Gasteiger partial charge in [0.2, 0.25) is 0 Å². The maximum atomic E-state index is 13.7. The highest BCUT2D eigenvalue weighted by molar-refractivity contribution is 8.93. The average Bonchev–Trinajstić information content (AvgIpc) is 2.91. The number of nitrogens with zero attached hydrogens (tertiary/aromatic N) is 2. The van der Waals surface area contributed by atoms with E-state index in [1.807, 2.05) is 30.5 Å². The monoisotopic (exact) mass is 374 g/mol. The number of benzene rings is 1. The summed E-state index contributed by atoms with van der Waals surface area (Å²) >= 11 is 1.55. The first-order valence-electron chi connectivity index (χ1n) is 6.36. The fourth-order valence-electron chi connectivity index (χ4n) is 1.92. The SMILES string of the molecule is Br.Cc1nc(C#Cc2cc(F)cc(-c3cccnc3)c2)cs1. The second-order valence-electron chi connectivity index (χ2n) is 4.47. The van der Waals surface area contributed by atoms with Gasteiger partial charge in [-0.05, 0) is 42.7 Å². The van der Waals surface area contributed by atoms with Crippen molar-refractivity contribution in [2.75, 3.05) is 0 Å². The van der Waals surface area contributed by atoms with Gasteiger partial charge in [-0.15, -0.1) is 28.3 Å². The summed E-state index contributed by atoms with van der Waals surface area (Å²) in [4.78, 5) is 8.32. The summed E-state index contributed by atoms with van der Waals surface area (Å²) in [5.41, 5.74) is 2.97. The normalized spacial score (nSPS) is 9.55. The summed E-state index contributed by atoms with van der Waals surface area (Å²) in [7, 11) is 0. The smallest absolute Gasteiger partial charge is 0.125 e. The number of aromatic nitrogens is 2. The molecule has 3 rings (SSSR count). The number of pyridine rings is 1. The molecule has 0 aliphatic carbocycles. The van der Waals surface area contributed by atoms with E-state index < -0.39 is 0 Å². The molecule has 0 aliphatic rings. The van der Waals surface area contributed by atoms with Crippen molar-refractivity contribution in [1.82, 2.24) is 9.97 Å². The molecule has 0 radical (unpaired) electrons. The Bertz CT molecular complexity index is 835. The van der Waals surface area contributed by atoms with Crippen LogP contribution in [0.15, 0.2) is 48.1 Å². The zero-order valence-electron chi connectivity index (χ0n) is 11.7. The predicted molar refractivity (Wildman–Crippen MR) is 92.8 cm³/mol. The van der Waals surface area contributed by atoms with E-state index in [-0.39, 0.29) is 22.8 Å². The van der Waals surface area contributed by atoms with Gasteiger partial charge in [-0.25, -0.2) is 9.37 Å². The molecule has 0 spiro atoms. The predicted octanol–water partition coefficient (Wildman–Crippen LogP) is 4.63. The molecule has 0 aliphatic heterocycles. The van der Waals surface area contributed by atoms with E-state index in [1.165, 1.54) is 12.1 Å². The summed E-state index contributed by atoms with van der Waals surface area (Å²) in [6, 6.07) is 8.47. The molecule has 2 aromatic heterocycles. The van der Waals surface area contributed by atoms with Gasteiger partial charge in [0.25, 0.3) is 0 Å². The largest absolute Gasteiger partial charge is 0.264 e. The quantitative estimate of drug-likeness (QED) is 0.580. The van der Waals surface area contributed by atoms with E-state index in [4.69, 9.17) is 0 Å². The van der Waals surface area contributed by atoms with E-state index in [0.29, 0.717) is 11.3 Å². The molecule has 0 saturated carbocycles. The van der Waals surface area contributed by atoms with Crippen molar-refractivity contribution >= 4 is 28.3 Å². The standard InChI is InChI=1S/C17H11FN2S.BrH/c1-12-20-17(11-21-12)5-4-13-7-15(9-16(18)8-13)14-3-2-6-19-10-14;/h2-3,6-11H,1H3;1H. The summed E-state index contributed by atoms with van der Waals surface area (Å²) < 4.78 is 13.7. The third kappa shape index (κ3) is 4.00. The van der Waals surface area contributed by atoms with Crippen LogP contribution in [-0.4, -0.2) is 9.97 Å². The van der Waals surface area contributed by atoms with Crippen LogP contribution in [0.4, 0.5) is 4.39 Å². The van der Waals surface area contributed by atoms with Gasteiger partial charge < -0.3 is 0 Å². The average molecular weight is 375 g/mol. The molecular formula is C17H12BrFN2S. The van der Waals surface area contributed by atoms with Gasteiger partial charge in [0.05, 0.1) is 5.01 Å². The van der Waals surface area contributed by atoms with Crippen LogP contribution < -0.4 is 0 Å². The summed E-state index contributed by atoms with van der Waals surface area (Å²) in [6.07, 6.45) is 3.39. The van der Waals surface area contributed by atoms with Crippen LogP contribution in [0.3, 0.4) is 0 Å². The molecule has 2 heterocycles. The van der Waals surface area contributed by atoms with Crippen LogP contribution >= 0.6 is 28.3 Å². The molecule has 0 N–H and O–H groups in total. The van der Waals surface area contributed by atoms with Crippen molar-refractivity contribution in [2.45, 2.75) is 6.92 Å². The first kappa shape index (κ1) is 16.3. The molecule has 110 valence electrons. The summed E-state index contributed by atoms with van der Waals surface area (Å²) in [5.74, 6) is 5.60. The van der Waals surface area contributed by atoms with Crippen LogP contribution in [0.5, 0.6) is 0 Å². The molecule has 0 unspecified atom stereocenters. The minimum Gasteiger partial charge on any atom is -0.264 e. The van der Waals surface area contributed by atoms with Crippen molar-refractivity contribution in [1.29, 1.82) is 0 Å². The van der Waals surface area contributed by atoms with Crippen LogP contribution in [0.25, 0.3) is 11.1 Å². The molecule has 22 heavy (non-hydrogen) atoms. The maximum absolute atomic E-state index is 13.7. The molecule has 1 aromatic carbocycles. The second kappa shape index (κ2) is 7.30. The van der Waals surface area contributed by atoms with E-state index >= 15 is 0 Å². The third-order valence-corrected chi connectivity index (χ3v) is 3.62. The van der Waals surface area contributed by atoms with Gasteiger partial charge in [-0.2, -0.15) is 0 Å². The highest BCUT2D eigenvalue weighted by Crippen LogP contribution is 2.20. The zero-order valence-corrected chi connectivity index (χ0v) is 14.2. The van der Waals surface area contributed by atoms with E-state index in [2.05, 4.69) is 21.8 Å². The summed E-state index contributed by atoms with van der Waals surface area (Å²) in [5, 5.41) is 2.86. The van der Waals surface area contributed by atoms with Crippen LogP contribution in [0.2, 0.25) is 0 Å². The molecule has 0 amide bonds. The number of halogens is 2. The lowest BCUT2D eigenvalue weighted by molar-refractivity contribution is 0.628. The lowest BCUT2D eigenvalue weighted by atomic mass is 10.0. The Hall–Kier alpha value is -2.03. The Morgan fingerprint density at radius 2 is 2.00 bits per heavy atom. The number of aryl methyl sites for hydroxylation is 1. The molecule has 0 bridgehead atoms. The van der Waals surface area contributed by atoms with Crippen LogP contribution in [0.1, 0.15) is 16.3 Å². The molecule has 5 heteroatoms. The van der Waals surface area contributed by atoms with Crippen LogP contribution in [-0.2, 0) is 0 Å². The summed E-state index contributed by atoms with van der Waals surface area (Å²) in [6.45, 7) is 1.93. The first-order chi connectivity index (χ1) is 10.2. The van der Waals surface area contributed by atoms with Crippen molar-refractivity contribution in [3.05, 3.63) is 70.2 Å². The Kier molecular flexibility index (Phi) is 5.42. The minimum absolute atomic E-state index is 0. The number of thiazole rings is 1. The van der Waals surface area contributed by atoms with Crippen molar-refractivity contribution in [3.63, 3.8) is 0 Å². The minimum atomic E-state index is -0.310. The Balaban J connectivity index is 0.00000176. The van der Waals surface area contributed by atoms with Gasteiger partial charge >= 0.3 is 0 Å². The fourth-order valence-corrected chi connectivity index (χ4v) is 2.46. The van der Waals surface area contributed by atoms with Crippen molar-refractivity contribution in [2.24, 2.45) is 0 Å². The zero-order chi connectivity index (χ0) is 14.7. The first-order valence-corrected chi connectivity index (χ1v) is 7.24. The molecule has 2 nitrogen and oxygen atoms in total. The Morgan fingerprint density at radius 1 is 1.14 bits per heavy atom. The lowest BCUT2D eigenvalue weighted by Gasteiger charge is -2.02. The molecule has 0 fully saturated rings. The van der Waals surface area contributed by atoms with Crippen LogP contribution in [0, 0.1) is 24.6 Å². The molecule has 0 saturated heterocycles. The lowest BCUT2D eigenvalue weighted by Crippen LogP contribution is -1.85. The molecular weight excluding hydrogens is 363 g/mol. The van der Waals surface area contributed by atoms with E-state index in [0.717, 1.165) is 16.1 Å². The number of rotatable bonds is 1. The number of hydrogen-bond acceptors (Lipinski definition) is 3. The van der Waals surface area contributed by atoms with Gasteiger partial charge in [0.1, 0.15) is 11.5 Å². The highest BCUT2D eigenvalue weighted by atomic mass is 79.9. The number of hydrogen-bond donors (Lipinski definition) is 0. The topological polar surface area (TPSA) is 25.8 Å². The van der Waals surface area contributed by atoms with Gasteiger partial charge in [0.15, 0.2) is 0 Å². The second-order valence-corrected chi connectivity index (χ2v) is 5.53. The van der Waals surface area contributed by atoms with E-state index in [9.17, 15) is 4.39 Å². The van der Waals surface area contributed by atoms with Gasteiger partial charge in [-0.1, -0.05) is 12.0 Å². The van der Waals surface area contributed by atoms with E-state index in [1.54, 1.807) is 23.7 Å². The van der Waals surface area contributed by atoms with Crippen molar-refractivity contribution in [3.8, 4) is 23.0 Å².